The quantitative estimate of drug-likeness (QED) is 0.644. The molecule has 1 saturated carbocycles. The summed E-state index contributed by atoms with van der Waals surface area (Å²) in [5, 5.41) is 6.95. The molecule has 2 bridgehead atoms. The van der Waals surface area contributed by atoms with Crippen molar-refractivity contribution in [3.63, 3.8) is 0 Å². The summed E-state index contributed by atoms with van der Waals surface area (Å²) in [7, 11) is 1.82. The molecule has 3 fully saturated rings. The van der Waals surface area contributed by atoms with Crippen LogP contribution in [0, 0.1) is 0 Å². The summed E-state index contributed by atoms with van der Waals surface area (Å²) in [6.07, 6.45) is 8.29. The van der Waals surface area contributed by atoms with Crippen LogP contribution in [0.5, 0.6) is 5.75 Å². The highest BCUT2D eigenvalue weighted by atomic mass is 16.5. The van der Waals surface area contributed by atoms with E-state index in [9.17, 15) is 0 Å². The first-order chi connectivity index (χ1) is 11.8. The van der Waals surface area contributed by atoms with Crippen LogP contribution in [0.1, 0.15) is 44.1 Å². The molecule has 1 aromatic carbocycles. The minimum Gasteiger partial charge on any atom is -0.490 e. The number of guanidine groups is 1. The highest BCUT2D eigenvalue weighted by Crippen LogP contribution is 2.34. The highest BCUT2D eigenvalue weighted by Gasteiger charge is 2.41. The fourth-order valence-electron chi connectivity index (χ4n) is 3.77. The molecule has 4 rings (SSSR count). The zero-order chi connectivity index (χ0) is 16.4. The molecule has 3 atom stereocenters. The Labute approximate surface area is 143 Å². The van der Waals surface area contributed by atoms with Crippen LogP contribution < -0.4 is 15.4 Å². The first-order valence-electron chi connectivity index (χ1n) is 9.19. The van der Waals surface area contributed by atoms with E-state index in [1.165, 1.54) is 31.2 Å². The summed E-state index contributed by atoms with van der Waals surface area (Å²) in [6, 6.07) is 8.67. The normalized spacial score (nSPS) is 29.4. The standard InChI is InChI=1S/C19H27N3O2/c1-20-19(22-16-11-15-9-10-18(16)24-15)21-12-13-5-2-3-8-17(13)23-14-6-4-7-14/h2-3,5,8,14-16,18H,4,6-7,9-12H2,1H3,(H2,20,21,22). The second-order valence-electron chi connectivity index (χ2n) is 7.06. The zero-order valence-corrected chi connectivity index (χ0v) is 14.3. The van der Waals surface area contributed by atoms with Crippen LogP contribution in [0.25, 0.3) is 0 Å². The van der Waals surface area contributed by atoms with Crippen LogP contribution in [-0.4, -0.2) is 37.4 Å². The lowest BCUT2D eigenvalue weighted by Crippen LogP contribution is -2.47. The molecule has 3 aliphatic rings. The lowest BCUT2D eigenvalue weighted by molar-refractivity contribution is 0.0992. The number of benzene rings is 1. The van der Waals surface area contributed by atoms with Gasteiger partial charge >= 0.3 is 0 Å². The van der Waals surface area contributed by atoms with Crippen molar-refractivity contribution in [2.75, 3.05) is 7.05 Å². The van der Waals surface area contributed by atoms with Gasteiger partial charge in [-0.05, 0) is 44.6 Å². The second kappa shape index (κ2) is 7.01. The first-order valence-corrected chi connectivity index (χ1v) is 9.19. The number of rotatable bonds is 5. The Balaban J connectivity index is 1.33. The van der Waals surface area contributed by atoms with Crippen LogP contribution in [-0.2, 0) is 11.3 Å². The summed E-state index contributed by atoms with van der Waals surface area (Å²) < 4.78 is 12.0. The average Bonchev–Trinajstić information content (AvgIpc) is 3.18. The summed E-state index contributed by atoms with van der Waals surface area (Å²) in [5.74, 6) is 1.84. The van der Waals surface area contributed by atoms with Crippen molar-refractivity contribution < 1.29 is 9.47 Å². The van der Waals surface area contributed by atoms with Gasteiger partial charge in [0, 0.05) is 19.2 Å². The molecule has 2 N–H and O–H groups in total. The predicted octanol–water partition coefficient (Wildman–Crippen LogP) is 2.60. The maximum atomic E-state index is 6.10. The van der Waals surface area contributed by atoms with Crippen LogP contribution in [0.4, 0.5) is 0 Å². The molecule has 130 valence electrons. The summed E-state index contributed by atoms with van der Waals surface area (Å²) in [4.78, 5) is 4.37. The Morgan fingerprint density at radius 3 is 2.79 bits per heavy atom. The number of aliphatic imine (C=N–C) groups is 1. The Morgan fingerprint density at radius 2 is 2.12 bits per heavy atom. The Kier molecular flexibility index (Phi) is 4.60. The van der Waals surface area contributed by atoms with Gasteiger partial charge in [0.2, 0.25) is 0 Å². The van der Waals surface area contributed by atoms with E-state index in [1.54, 1.807) is 0 Å². The third-order valence-corrected chi connectivity index (χ3v) is 5.42. The van der Waals surface area contributed by atoms with Gasteiger partial charge in [-0.1, -0.05) is 18.2 Å². The van der Waals surface area contributed by atoms with Crippen molar-refractivity contribution >= 4 is 5.96 Å². The smallest absolute Gasteiger partial charge is 0.191 e. The van der Waals surface area contributed by atoms with Crippen molar-refractivity contribution in [2.45, 2.75) is 69.4 Å². The van der Waals surface area contributed by atoms with E-state index in [1.807, 2.05) is 13.1 Å². The molecule has 5 nitrogen and oxygen atoms in total. The van der Waals surface area contributed by atoms with Gasteiger partial charge < -0.3 is 20.1 Å². The largest absolute Gasteiger partial charge is 0.490 e. The molecule has 2 aliphatic heterocycles. The number of para-hydroxylation sites is 1. The Morgan fingerprint density at radius 1 is 1.25 bits per heavy atom. The van der Waals surface area contributed by atoms with Gasteiger partial charge in [0.05, 0.1) is 24.4 Å². The monoisotopic (exact) mass is 329 g/mol. The topological polar surface area (TPSA) is 54.9 Å². The fraction of sp³-hybridized carbons (Fsp3) is 0.632. The van der Waals surface area contributed by atoms with Crippen LogP contribution in [0.2, 0.25) is 0 Å². The van der Waals surface area contributed by atoms with Crippen molar-refractivity contribution in [1.29, 1.82) is 0 Å². The Hall–Kier alpha value is -1.75. The molecular formula is C19H27N3O2. The summed E-state index contributed by atoms with van der Waals surface area (Å²) in [5.41, 5.74) is 1.18. The molecule has 0 amide bonds. The van der Waals surface area contributed by atoms with Gasteiger partial charge in [-0.2, -0.15) is 0 Å². The molecule has 0 aromatic heterocycles. The van der Waals surface area contributed by atoms with Crippen LogP contribution >= 0.6 is 0 Å². The van der Waals surface area contributed by atoms with Gasteiger partial charge in [-0.25, -0.2) is 0 Å². The average molecular weight is 329 g/mol. The van der Waals surface area contributed by atoms with E-state index in [-0.39, 0.29) is 0 Å². The summed E-state index contributed by atoms with van der Waals surface area (Å²) >= 11 is 0. The Bertz CT molecular complexity index is 600. The van der Waals surface area contributed by atoms with E-state index in [4.69, 9.17) is 9.47 Å². The third-order valence-electron chi connectivity index (χ3n) is 5.42. The fourth-order valence-corrected chi connectivity index (χ4v) is 3.77. The van der Waals surface area contributed by atoms with Gasteiger partial charge in [-0.15, -0.1) is 0 Å². The minimum absolute atomic E-state index is 0.350. The molecule has 24 heavy (non-hydrogen) atoms. The number of fused-ring (bicyclic) bond motifs is 2. The molecule has 2 saturated heterocycles. The van der Waals surface area contributed by atoms with E-state index in [0.29, 0.717) is 30.9 Å². The van der Waals surface area contributed by atoms with Crippen molar-refractivity contribution in [3.8, 4) is 5.75 Å². The molecule has 0 radical (unpaired) electrons. The van der Waals surface area contributed by atoms with Crippen LogP contribution in [0.3, 0.4) is 0 Å². The molecule has 0 spiro atoms. The zero-order valence-electron chi connectivity index (χ0n) is 14.3. The van der Waals surface area contributed by atoms with Crippen molar-refractivity contribution in [2.24, 2.45) is 4.99 Å². The van der Waals surface area contributed by atoms with E-state index in [2.05, 4.69) is 33.8 Å². The maximum Gasteiger partial charge on any atom is 0.191 e. The molecule has 3 unspecified atom stereocenters. The minimum atomic E-state index is 0.350. The van der Waals surface area contributed by atoms with E-state index >= 15 is 0 Å². The predicted molar refractivity (Wildman–Crippen MR) is 94.3 cm³/mol. The van der Waals surface area contributed by atoms with Gasteiger partial charge in [0.1, 0.15) is 5.75 Å². The van der Waals surface area contributed by atoms with Gasteiger partial charge in [0.15, 0.2) is 5.96 Å². The van der Waals surface area contributed by atoms with E-state index in [0.717, 1.165) is 24.6 Å². The van der Waals surface area contributed by atoms with Crippen molar-refractivity contribution in [3.05, 3.63) is 29.8 Å². The molecule has 2 heterocycles. The van der Waals surface area contributed by atoms with Gasteiger partial charge in [-0.3, -0.25) is 4.99 Å². The maximum absolute atomic E-state index is 6.10. The SMILES string of the molecule is CN=C(NCc1ccccc1OC1CCC1)NC1CC2CCC1O2. The third kappa shape index (κ3) is 3.36. The number of nitrogens with one attached hydrogen (secondary N) is 2. The lowest BCUT2D eigenvalue weighted by Gasteiger charge is -2.28. The molecule has 1 aliphatic carbocycles. The van der Waals surface area contributed by atoms with Crippen LogP contribution in [0.15, 0.2) is 29.3 Å². The number of ether oxygens (including phenoxy) is 2. The number of hydrogen-bond acceptors (Lipinski definition) is 3. The molecular weight excluding hydrogens is 302 g/mol. The van der Waals surface area contributed by atoms with Gasteiger partial charge in [0.25, 0.3) is 0 Å². The molecule has 1 aromatic rings. The second-order valence-corrected chi connectivity index (χ2v) is 7.06. The van der Waals surface area contributed by atoms with Crippen molar-refractivity contribution in [1.82, 2.24) is 10.6 Å². The number of nitrogens with zero attached hydrogens (tertiary/aromatic N) is 1. The highest BCUT2D eigenvalue weighted by molar-refractivity contribution is 5.80. The summed E-state index contributed by atoms with van der Waals surface area (Å²) in [6.45, 7) is 0.713. The molecule has 5 heteroatoms. The first kappa shape index (κ1) is 15.8. The number of hydrogen-bond donors (Lipinski definition) is 2. The lowest BCUT2D eigenvalue weighted by atomic mass is 9.96. The van der Waals surface area contributed by atoms with E-state index < -0.39 is 0 Å².